The van der Waals surface area contributed by atoms with Gasteiger partial charge in [-0.2, -0.15) is 9.57 Å². The zero-order valence-corrected chi connectivity index (χ0v) is 13.1. The molecule has 0 saturated carbocycles. The Labute approximate surface area is 124 Å². The zero-order valence-electron chi connectivity index (χ0n) is 12.3. The number of hydrogen-bond donors (Lipinski definition) is 0. The molecule has 0 aliphatic heterocycles. The standard InChI is InChI=1S/C13H17N3O4S/c1-15(2)12-6-5-11(7-10(12)8-14)21(18,19)16(3)9-13(17)20-4/h5-7H,9H2,1-4H3. The molecule has 0 heterocycles. The van der Waals surface area contributed by atoms with Crippen molar-refractivity contribution in [1.82, 2.24) is 4.31 Å². The van der Waals surface area contributed by atoms with Gasteiger partial charge in [0.2, 0.25) is 10.0 Å². The van der Waals surface area contributed by atoms with E-state index in [0.717, 1.165) is 4.31 Å². The summed E-state index contributed by atoms with van der Waals surface area (Å²) < 4.78 is 30.0. The molecule has 114 valence electrons. The number of likely N-dealkylation sites (N-methyl/N-ethyl adjacent to an activating group) is 1. The molecule has 1 rings (SSSR count). The van der Waals surface area contributed by atoms with Gasteiger partial charge in [0.1, 0.15) is 12.6 Å². The monoisotopic (exact) mass is 311 g/mol. The maximum Gasteiger partial charge on any atom is 0.321 e. The fourth-order valence-corrected chi connectivity index (χ4v) is 2.81. The van der Waals surface area contributed by atoms with E-state index in [4.69, 9.17) is 5.26 Å². The van der Waals surface area contributed by atoms with Crippen molar-refractivity contribution < 1.29 is 17.9 Å². The molecule has 1 aromatic carbocycles. The third-order valence-corrected chi connectivity index (χ3v) is 4.66. The Kier molecular flexibility index (Phi) is 5.29. The van der Waals surface area contributed by atoms with Crippen LogP contribution in [-0.4, -0.2) is 53.5 Å². The minimum Gasteiger partial charge on any atom is -0.468 e. The molecule has 1 aromatic rings. The second-order valence-corrected chi connectivity index (χ2v) is 6.57. The van der Waals surface area contributed by atoms with Crippen LogP contribution in [0.4, 0.5) is 5.69 Å². The Balaban J connectivity index is 3.21. The Morgan fingerprint density at radius 1 is 1.33 bits per heavy atom. The number of sulfonamides is 1. The number of carbonyl (C=O) groups excluding carboxylic acids is 1. The lowest BCUT2D eigenvalue weighted by atomic mass is 10.2. The van der Waals surface area contributed by atoms with Gasteiger partial charge in [-0.1, -0.05) is 0 Å². The van der Waals surface area contributed by atoms with Gasteiger partial charge in [-0.3, -0.25) is 4.79 Å². The van der Waals surface area contributed by atoms with Crippen molar-refractivity contribution in [3.63, 3.8) is 0 Å². The highest BCUT2D eigenvalue weighted by molar-refractivity contribution is 7.89. The van der Waals surface area contributed by atoms with E-state index in [2.05, 4.69) is 4.74 Å². The Hall–Kier alpha value is -2.11. The quantitative estimate of drug-likeness (QED) is 0.732. The number of rotatable bonds is 5. The Bertz CT molecular complexity index is 677. The number of ether oxygens (including phenoxy) is 1. The van der Waals surface area contributed by atoms with E-state index in [9.17, 15) is 13.2 Å². The minimum absolute atomic E-state index is 0.0453. The van der Waals surface area contributed by atoms with Crippen LogP contribution in [-0.2, 0) is 19.6 Å². The van der Waals surface area contributed by atoms with Gasteiger partial charge in [0.05, 0.1) is 23.3 Å². The van der Waals surface area contributed by atoms with Crippen LogP contribution in [0.25, 0.3) is 0 Å². The number of hydrogen-bond acceptors (Lipinski definition) is 6. The highest BCUT2D eigenvalue weighted by atomic mass is 32.2. The van der Waals surface area contributed by atoms with Crippen LogP contribution in [0.1, 0.15) is 5.56 Å². The van der Waals surface area contributed by atoms with Crippen LogP contribution >= 0.6 is 0 Å². The van der Waals surface area contributed by atoms with Crippen LogP contribution in [0, 0.1) is 11.3 Å². The van der Waals surface area contributed by atoms with Crippen LogP contribution in [0.3, 0.4) is 0 Å². The predicted octanol–water partition coefficient (Wildman–Crippen LogP) is 0.418. The van der Waals surface area contributed by atoms with E-state index in [1.807, 2.05) is 6.07 Å². The zero-order chi connectivity index (χ0) is 16.2. The van der Waals surface area contributed by atoms with Gasteiger partial charge in [0.15, 0.2) is 0 Å². The van der Waals surface area contributed by atoms with Crippen LogP contribution in [0.5, 0.6) is 0 Å². The number of esters is 1. The molecule has 0 aliphatic carbocycles. The van der Waals surface area contributed by atoms with Gasteiger partial charge in [-0.15, -0.1) is 0 Å². The first-order valence-electron chi connectivity index (χ1n) is 5.98. The fourth-order valence-electron chi connectivity index (χ4n) is 1.67. The lowest BCUT2D eigenvalue weighted by molar-refractivity contribution is -0.140. The van der Waals surface area contributed by atoms with Crippen LogP contribution < -0.4 is 4.90 Å². The summed E-state index contributed by atoms with van der Waals surface area (Å²) in [7, 11) is 2.12. The molecule has 0 aromatic heterocycles. The molecule has 0 saturated heterocycles. The van der Waals surface area contributed by atoms with Crippen molar-refractivity contribution in [2.24, 2.45) is 0 Å². The maximum atomic E-state index is 12.3. The van der Waals surface area contributed by atoms with Gasteiger partial charge in [-0.25, -0.2) is 8.42 Å². The highest BCUT2D eigenvalue weighted by Crippen LogP contribution is 2.23. The summed E-state index contributed by atoms with van der Waals surface area (Å²) in [6.45, 7) is -0.393. The summed E-state index contributed by atoms with van der Waals surface area (Å²) in [5.41, 5.74) is 0.861. The molecular weight excluding hydrogens is 294 g/mol. The van der Waals surface area contributed by atoms with Crippen molar-refractivity contribution in [2.45, 2.75) is 4.90 Å². The lowest BCUT2D eigenvalue weighted by Crippen LogP contribution is -2.32. The van der Waals surface area contributed by atoms with E-state index >= 15 is 0 Å². The van der Waals surface area contributed by atoms with Crippen molar-refractivity contribution in [3.8, 4) is 6.07 Å². The van der Waals surface area contributed by atoms with Crippen molar-refractivity contribution in [2.75, 3.05) is 39.7 Å². The average molecular weight is 311 g/mol. The molecule has 7 nitrogen and oxygen atoms in total. The summed E-state index contributed by atoms with van der Waals surface area (Å²) in [6, 6.07) is 6.21. The summed E-state index contributed by atoms with van der Waals surface area (Å²) in [5.74, 6) is -0.661. The Morgan fingerprint density at radius 3 is 2.43 bits per heavy atom. The number of methoxy groups -OCH3 is 1. The first-order chi connectivity index (χ1) is 9.73. The lowest BCUT2D eigenvalue weighted by Gasteiger charge is -2.18. The molecule has 0 atom stereocenters. The van der Waals surface area contributed by atoms with E-state index in [-0.39, 0.29) is 10.5 Å². The molecule has 21 heavy (non-hydrogen) atoms. The number of nitriles is 1. The SMILES string of the molecule is COC(=O)CN(C)S(=O)(=O)c1ccc(N(C)C)c(C#N)c1. The maximum absolute atomic E-state index is 12.3. The molecule has 0 spiro atoms. The van der Waals surface area contributed by atoms with Gasteiger partial charge in [-0.05, 0) is 18.2 Å². The molecule has 0 N–H and O–H groups in total. The van der Waals surface area contributed by atoms with E-state index in [1.165, 1.54) is 26.3 Å². The second-order valence-electron chi connectivity index (χ2n) is 4.52. The molecule has 0 unspecified atom stereocenters. The number of anilines is 1. The predicted molar refractivity (Wildman–Crippen MR) is 77.3 cm³/mol. The minimum atomic E-state index is -3.86. The van der Waals surface area contributed by atoms with Crippen LogP contribution in [0.15, 0.2) is 23.1 Å². The molecule has 0 radical (unpaired) electrons. The summed E-state index contributed by atoms with van der Waals surface area (Å²) in [5, 5.41) is 9.12. The molecular formula is C13H17N3O4S. The number of nitrogens with zero attached hydrogens (tertiary/aromatic N) is 3. The summed E-state index contributed by atoms with van der Waals surface area (Å²) in [4.78, 5) is 12.8. The second kappa shape index (κ2) is 6.56. The number of carbonyl (C=O) groups is 1. The summed E-state index contributed by atoms with van der Waals surface area (Å²) >= 11 is 0. The molecule has 8 heteroatoms. The normalized spacial score (nSPS) is 11.0. The topological polar surface area (TPSA) is 90.7 Å². The third kappa shape index (κ3) is 3.71. The van der Waals surface area contributed by atoms with Gasteiger partial charge in [0, 0.05) is 21.1 Å². The molecule has 0 fully saturated rings. The number of benzene rings is 1. The van der Waals surface area contributed by atoms with Crippen molar-refractivity contribution in [1.29, 1.82) is 5.26 Å². The highest BCUT2D eigenvalue weighted by Gasteiger charge is 2.24. The van der Waals surface area contributed by atoms with Gasteiger partial charge in [0.25, 0.3) is 0 Å². The smallest absolute Gasteiger partial charge is 0.321 e. The fraction of sp³-hybridized carbons (Fsp3) is 0.385. The first kappa shape index (κ1) is 16.9. The van der Waals surface area contributed by atoms with Crippen LogP contribution in [0.2, 0.25) is 0 Å². The van der Waals surface area contributed by atoms with E-state index < -0.39 is 22.5 Å². The molecule has 0 bridgehead atoms. The van der Waals surface area contributed by atoms with Gasteiger partial charge >= 0.3 is 5.97 Å². The first-order valence-corrected chi connectivity index (χ1v) is 7.42. The largest absolute Gasteiger partial charge is 0.468 e. The van der Waals surface area contributed by atoms with Gasteiger partial charge < -0.3 is 9.64 Å². The average Bonchev–Trinajstić information content (AvgIpc) is 2.45. The third-order valence-electron chi connectivity index (χ3n) is 2.86. The van der Waals surface area contributed by atoms with Crippen molar-refractivity contribution >= 4 is 21.7 Å². The van der Waals surface area contributed by atoms with E-state index in [0.29, 0.717) is 5.69 Å². The molecule has 0 amide bonds. The van der Waals surface area contributed by atoms with Crippen molar-refractivity contribution in [3.05, 3.63) is 23.8 Å². The van der Waals surface area contributed by atoms with E-state index in [1.54, 1.807) is 25.1 Å². The Morgan fingerprint density at radius 2 is 1.95 bits per heavy atom. The summed E-state index contributed by atoms with van der Waals surface area (Å²) in [6.07, 6.45) is 0. The molecule has 0 aliphatic rings.